The number of carbonyl (C=O) groups excluding carboxylic acids is 3. The number of halogens is 4. The van der Waals surface area contributed by atoms with Crippen molar-refractivity contribution in [1.82, 2.24) is 34.9 Å². The molecule has 2 aromatic heterocycles. The lowest BCUT2D eigenvalue weighted by Crippen LogP contribution is -2.56. The standard InChI is InChI=1S/C27H28ClF3N10O3.CH2O2/c1-39-21(19-13-41(7-5-32)38-22(19)27(29,30)31)11-34-23(39)25(43)35-15-2-3-18(20(28)10-15)24(42)36-16-8-17(9-16)37-26(44)40-6-4-14(33)12-40;2-1-3/h2-3,10-11,13-14,16-17H,4,6-9,12,33H2,1H3,(H,35,43)(H,36,42)(H,37,44);1H,(H,2,3)/t14-,16?,17?;/m1./s1. The summed E-state index contributed by atoms with van der Waals surface area (Å²) in [7, 11) is 1.37. The van der Waals surface area contributed by atoms with Crippen molar-refractivity contribution in [2.45, 2.75) is 50.1 Å². The summed E-state index contributed by atoms with van der Waals surface area (Å²) in [4.78, 5) is 52.1. The maximum Gasteiger partial charge on any atom is 0.435 e. The summed E-state index contributed by atoms with van der Waals surface area (Å²) in [5.74, 6) is -1.35. The Morgan fingerprint density at radius 3 is 2.49 bits per heavy atom. The number of urea groups is 1. The predicted octanol–water partition coefficient (Wildman–Crippen LogP) is 2.44. The van der Waals surface area contributed by atoms with E-state index in [2.05, 4.69) is 26.0 Å². The SMILES string of the molecule is Cn1c(-c2cn(CC#N)nc2C(F)(F)F)cnc1C(=O)Nc1ccc(C(=O)NC2CC(NC(=O)N3CC[C@@H](N)C3)C2)c(Cl)c1.O=CO. The number of amides is 4. The minimum absolute atomic E-state index is 0.00495. The first kappa shape index (κ1) is 34.7. The van der Waals surface area contributed by atoms with E-state index in [9.17, 15) is 27.6 Å². The van der Waals surface area contributed by atoms with Crippen LogP contribution in [0.2, 0.25) is 5.02 Å². The molecule has 1 atom stereocenters. The van der Waals surface area contributed by atoms with Crippen molar-refractivity contribution < 1.29 is 37.5 Å². The fourth-order valence-corrected chi connectivity index (χ4v) is 5.43. The number of carboxylic acid groups (broad SMARTS) is 1. The summed E-state index contributed by atoms with van der Waals surface area (Å²) in [5, 5.41) is 27.7. The number of imidazole rings is 1. The van der Waals surface area contributed by atoms with Crippen molar-refractivity contribution in [3.05, 3.63) is 52.7 Å². The highest BCUT2D eigenvalue weighted by molar-refractivity contribution is 6.34. The number of aromatic nitrogens is 4. The fourth-order valence-electron chi connectivity index (χ4n) is 5.16. The molecule has 4 amide bonds. The van der Waals surface area contributed by atoms with Gasteiger partial charge in [0.15, 0.2) is 11.5 Å². The molecule has 0 bridgehead atoms. The van der Waals surface area contributed by atoms with Crippen LogP contribution in [0.5, 0.6) is 0 Å². The van der Waals surface area contributed by atoms with Crippen LogP contribution in [-0.4, -0.2) is 84.9 Å². The Labute approximate surface area is 270 Å². The average molecular weight is 679 g/mol. The first-order chi connectivity index (χ1) is 22.2. The van der Waals surface area contributed by atoms with Crippen molar-refractivity contribution in [2.24, 2.45) is 12.8 Å². The van der Waals surface area contributed by atoms with E-state index in [1.54, 1.807) is 11.0 Å². The van der Waals surface area contributed by atoms with Crippen LogP contribution < -0.4 is 21.7 Å². The zero-order valence-electron chi connectivity index (χ0n) is 24.8. The number of anilines is 1. The monoisotopic (exact) mass is 678 g/mol. The molecule has 0 spiro atoms. The first-order valence-electron chi connectivity index (χ1n) is 14.1. The summed E-state index contributed by atoms with van der Waals surface area (Å²) in [6.45, 7) is 0.504. The van der Waals surface area contributed by atoms with Gasteiger partial charge < -0.3 is 36.3 Å². The van der Waals surface area contributed by atoms with Gasteiger partial charge in [0.1, 0.15) is 6.54 Å². The molecule has 47 heavy (non-hydrogen) atoms. The molecule has 1 aliphatic heterocycles. The number of hydrogen-bond acceptors (Lipinski definition) is 8. The second-order valence-corrected chi connectivity index (χ2v) is 11.2. The normalized spacial score (nSPS) is 18.7. The molecule has 3 heterocycles. The average Bonchev–Trinajstić information content (AvgIpc) is 3.70. The highest BCUT2D eigenvalue weighted by Crippen LogP contribution is 2.36. The Bertz CT molecular complexity index is 1700. The molecule has 2 fully saturated rings. The lowest BCUT2D eigenvalue weighted by molar-refractivity contribution is -0.141. The Morgan fingerprint density at radius 1 is 1.21 bits per heavy atom. The molecular weight excluding hydrogens is 649 g/mol. The van der Waals surface area contributed by atoms with Gasteiger partial charge in [0, 0.05) is 50.1 Å². The minimum Gasteiger partial charge on any atom is -0.483 e. The molecule has 0 unspecified atom stereocenters. The number of nitrogens with two attached hydrogens (primary N) is 1. The van der Waals surface area contributed by atoms with Crippen LogP contribution in [0.3, 0.4) is 0 Å². The number of hydrogen-bond donors (Lipinski definition) is 5. The van der Waals surface area contributed by atoms with Crippen LogP contribution in [0.15, 0.2) is 30.6 Å². The van der Waals surface area contributed by atoms with Gasteiger partial charge in [-0.2, -0.15) is 23.5 Å². The Kier molecular flexibility index (Phi) is 10.7. The summed E-state index contributed by atoms with van der Waals surface area (Å²) >= 11 is 6.34. The zero-order chi connectivity index (χ0) is 34.5. The third-order valence-corrected chi connectivity index (χ3v) is 7.83. The lowest BCUT2D eigenvalue weighted by Gasteiger charge is -2.37. The van der Waals surface area contributed by atoms with Crippen molar-refractivity contribution in [2.75, 3.05) is 18.4 Å². The zero-order valence-corrected chi connectivity index (χ0v) is 25.5. The quantitative estimate of drug-likeness (QED) is 0.232. The molecule has 250 valence electrons. The summed E-state index contributed by atoms with van der Waals surface area (Å²) < 4.78 is 42.8. The Balaban J connectivity index is 0.00000160. The van der Waals surface area contributed by atoms with Gasteiger partial charge in [-0.05, 0) is 37.5 Å². The topological polar surface area (TPSA) is 213 Å². The van der Waals surface area contributed by atoms with Crippen molar-refractivity contribution in [3.63, 3.8) is 0 Å². The number of nitrogens with one attached hydrogen (secondary N) is 3. The largest absolute Gasteiger partial charge is 0.483 e. The summed E-state index contributed by atoms with van der Waals surface area (Å²) in [6.07, 6.45) is -0.716. The smallest absolute Gasteiger partial charge is 0.435 e. The number of benzene rings is 1. The van der Waals surface area contributed by atoms with Gasteiger partial charge in [-0.1, -0.05) is 11.6 Å². The van der Waals surface area contributed by atoms with E-state index >= 15 is 0 Å². The Hall–Kier alpha value is -5.15. The predicted molar refractivity (Wildman–Crippen MR) is 160 cm³/mol. The van der Waals surface area contributed by atoms with E-state index in [1.165, 1.54) is 29.8 Å². The number of alkyl halides is 3. The molecule has 1 saturated carbocycles. The van der Waals surface area contributed by atoms with Gasteiger partial charge in [-0.3, -0.25) is 19.1 Å². The number of rotatable bonds is 7. The van der Waals surface area contributed by atoms with E-state index in [4.69, 9.17) is 32.5 Å². The van der Waals surface area contributed by atoms with Crippen molar-refractivity contribution in [3.8, 4) is 17.3 Å². The molecule has 1 aromatic carbocycles. The number of nitrogens with zero attached hydrogens (tertiary/aromatic N) is 6. The third-order valence-electron chi connectivity index (χ3n) is 7.51. The summed E-state index contributed by atoms with van der Waals surface area (Å²) in [6, 6.07) is 5.63. The first-order valence-corrected chi connectivity index (χ1v) is 14.5. The maximum atomic E-state index is 13.6. The van der Waals surface area contributed by atoms with Crippen LogP contribution in [-0.2, 0) is 24.6 Å². The van der Waals surface area contributed by atoms with Crippen LogP contribution in [0.1, 0.15) is 45.9 Å². The second-order valence-electron chi connectivity index (χ2n) is 10.8. The minimum atomic E-state index is -4.80. The number of carbonyl (C=O) groups is 4. The fraction of sp³-hybridized carbons (Fsp3) is 0.393. The molecule has 15 nitrogen and oxygen atoms in total. The van der Waals surface area contributed by atoms with Gasteiger partial charge in [-0.15, -0.1) is 0 Å². The molecule has 6 N–H and O–H groups in total. The maximum absolute atomic E-state index is 13.6. The van der Waals surface area contributed by atoms with Crippen molar-refractivity contribution >= 4 is 41.6 Å². The number of nitriles is 1. The van der Waals surface area contributed by atoms with E-state index in [1.807, 2.05) is 0 Å². The molecular formula is C28H30ClF3N10O5. The second kappa shape index (κ2) is 14.5. The Morgan fingerprint density at radius 2 is 1.89 bits per heavy atom. The molecule has 3 aromatic rings. The number of likely N-dealkylation sites (tertiary alicyclic amines) is 1. The van der Waals surface area contributed by atoms with Gasteiger partial charge in [0.2, 0.25) is 0 Å². The van der Waals surface area contributed by atoms with Crippen LogP contribution in [0.25, 0.3) is 11.3 Å². The third kappa shape index (κ3) is 8.17. The van der Waals surface area contributed by atoms with Crippen LogP contribution in [0, 0.1) is 11.3 Å². The molecule has 1 aliphatic carbocycles. The van der Waals surface area contributed by atoms with Gasteiger partial charge in [-0.25, -0.2) is 9.78 Å². The van der Waals surface area contributed by atoms with E-state index in [0.717, 1.165) is 23.5 Å². The van der Waals surface area contributed by atoms with E-state index in [-0.39, 0.29) is 64.0 Å². The molecule has 2 aliphatic rings. The highest BCUT2D eigenvalue weighted by atomic mass is 35.5. The summed E-state index contributed by atoms with van der Waals surface area (Å²) in [5.41, 5.74) is 4.68. The van der Waals surface area contributed by atoms with Gasteiger partial charge >= 0.3 is 12.2 Å². The molecule has 19 heteroatoms. The van der Waals surface area contributed by atoms with Crippen LogP contribution in [0.4, 0.5) is 23.7 Å². The highest BCUT2D eigenvalue weighted by Gasteiger charge is 2.39. The van der Waals surface area contributed by atoms with Crippen LogP contribution >= 0.6 is 11.6 Å². The molecule has 0 radical (unpaired) electrons. The van der Waals surface area contributed by atoms with Gasteiger partial charge in [0.05, 0.1) is 34.1 Å². The van der Waals surface area contributed by atoms with E-state index in [0.29, 0.717) is 25.9 Å². The van der Waals surface area contributed by atoms with E-state index < -0.39 is 30.2 Å². The lowest BCUT2D eigenvalue weighted by atomic mass is 9.86. The van der Waals surface area contributed by atoms with Gasteiger partial charge in [0.25, 0.3) is 18.3 Å². The molecule has 5 rings (SSSR count). The molecule has 1 saturated heterocycles. The van der Waals surface area contributed by atoms with Crippen molar-refractivity contribution in [1.29, 1.82) is 5.26 Å².